The Labute approximate surface area is 137 Å². The van der Waals surface area contributed by atoms with Gasteiger partial charge in [0.1, 0.15) is 11.2 Å². The van der Waals surface area contributed by atoms with E-state index in [0.717, 1.165) is 11.2 Å². The highest BCUT2D eigenvalue weighted by molar-refractivity contribution is 6.05. The lowest BCUT2D eigenvalue weighted by molar-refractivity contribution is 0.227. The second kappa shape index (κ2) is 4.39. The van der Waals surface area contributed by atoms with Crippen LogP contribution in [0.1, 0.15) is 37.3 Å². The average molecular weight is 305 g/mol. The molecule has 2 aromatic carbocycles. The van der Waals surface area contributed by atoms with Gasteiger partial charge in [0.25, 0.3) is 0 Å². The lowest BCUT2D eigenvalue weighted by Gasteiger charge is -2.36. The zero-order valence-electron chi connectivity index (χ0n) is 14.1. The van der Waals surface area contributed by atoms with E-state index in [2.05, 4.69) is 56.0 Å². The van der Waals surface area contributed by atoms with Crippen molar-refractivity contribution >= 4 is 21.9 Å². The van der Waals surface area contributed by atoms with E-state index >= 15 is 0 Å². The summed E-state index contributed by atoms with van der Waals surface area (Å²) in [5, 5.41) is 2.51. The third-order valence-electron chi connectivity index (χ3n) is 6.44. The van der Waals surface area contributed by atoms with Gasteiger partial charge >= 0.3 is 0 Å². The zero-order chi connectivity index (χ0) is 15.8. The molecule has 118 valence electrons. The van der Waals surface area contributed by atoms with E-state index in [9.17, 15) is 0 Å². The van der Waals surface area contributed by atoms with Gasteiger partial charge in [0.05, 0.1) is 0 Å². The fourth-order valence-electron chi connectivity index (χ4n) is 5.28. The molecule has 2 heteroatoms. The molecule has 1 aromatic heterocycles. The van der Waals surface area contributed by atoms with Crippen molar-refractivity contribution in [2.75, 3.05) is 13.1 Å². The SMILES string of the molecule is Cc1cc2oc3ccccc3c2cc1C1C(C)N2CCC1(C)C2. The molecular weight excluding hydrogens is 282 g/mol. The Hall–Kier alpha value is -1.80. The first kappa shape index (κ1) is 13.6. The predicted molar refractivity (Wildman–Crippen MR) is 95.0 cm³/mol. The first-order chi connectivity index (χ1) is 11.1. The van der Waals surface area contributed by atoms with Crippen molar-refractivity contribution in [1.29, 1.82) is 0 Å². The largest absolute Gasteiger partial charge is 0.456 e. The van der Waals surface area contributed by atoms with E-state index in [1.54, 1.807) is 0 Å². The Morgan fingerprint density at radius 1 is 1.13 bits per heavy atom. The van der Waals surface area contributed by atoms with E-state index in [0.29, 0.717) is 17.4 Å². The first-order valence-corrected chi connectivity index (χ1v) is 8.73. The summed E-state index contributed by atoms with van der Waals surface area (Å²) in [6.07, 6.45) is 1.33. The fourth-order valence-corrected chi connectivity index (χ4v) is 5.28. The highest BCUT2D eigenvalue weighted by atomic mass is 16.3. The maximum atomic E-state index is 6.05. The molecule has 2 fully saturated rings. The number of hydrogen-bond donors (Lipinski definition) is 0. The molecule has 2 nitrogen and oxygen atoms in total. The minimum Gasteiger partial charge on any atom is -0.456 e. The van der Waals surface area contributed by atoms with E-state index in [-0.39, 0.29) is 0 Å². The Morgan fingerprint density at radius 2 is 1.96 bits per heavy atom. The number of aryl methyl sites for hydroxylation is 1. The number of hydrogen-bond acceptors (Lipinski definition) is 2. The molecule has 3 heterocycles. The Kier molecular flexibility index (Phi) is 2.60. The van der Waals surface area contributed by atoms with Crippen LogP contribution in [0.2, 0.25) is 0 Å². The van der Waals surface area contributed by atoms with E-state index < -0.39 is 0 Å². The van der Waals surface area contributed by atoms with Gasteiger partial charge in [0.15, 0.2) is 0 Å². The van der Waals surface area contributed by atoms with Crippen molar-refractivity contribution in [1.82, 2.24) is 4.90 Å². The topological polar surface area (TPSA) is 16.4 Å². The van der Waals surface area contributed by atoms with Gasteiger partial charge < -0.3 is 4.42 Å². The van der Waals surface area contributed by atoms with Crippen LogP contribution in [0, 0.1) is 12.3 Å². The lowest BCUT2D eigenvalue weighted by Crippen LogP contribution is -2.35. The summed E-state index contributed by atoms with van der Waals surface area (Å²) in [6, 6.07) is 13.7. The van der Waals surface area contributed by atoms with Gasteiger partial charge in [0.2, 0.25) is 0 Å². The smallest absolute Gasteiger partial charge is 0.135 e. The van der Waals surface area contributed by atoms with Crippen LogP contribution in [-0.2, 0) is 0 Å². The normalized spacial score (nSPS) is 33.1. The van der Waals surface area contributed by atoms with Crippen molar-refractivity contribution in [2.45, 2.75) is 39.2 Å². The Morgan fingerprint density at radius 3 is 2.74 bits per heavy atom. The molecule has 0 amide bonds. The predicted octanol–water partition coefficient (Wildman–Crippen LogP) is 5.09. The molecule has 3 aromatic rings. The maximum absolute atomic E-state index is 6.05. The summed E-state index contributed by atoms with van der Waals surface area (Å²) in [7, 11) is 0. The molecule has 23 heavy (non-hydrogen) atoms. The monoisotopic (exact) mass is 305 g/mol. The second-order valence-electron chi connectivity index (χ2n) is 7.90. The summed E-state index contributed by atoms with van der Waals surface area (Å²) in [6.45, 7) is 9.66. The molecular formula is C21H23NO. The van der Waals surface area contributed by atoms with E-state index in [1.165, 1.54) is 41.4 Å². The molecule has 2 aliphatic heterocycles. The molecule has 0 saturated carbocycles. The van der Waals surface area contributed by atoms with E-state index in [1.807, 2.05) is 6.07 Å². The van der Waals surface area contributed by atoms with Crippen molar-refractivity contribution in [3.63, 3.8) is 0 Å². The second-order valence-corrected chi connectivity index (χ2v) is 7.90. The van der Waals surface area contributed by atoms with Crippen molar-refractivity contribution in [3.05, 3.63) is 47.5 Å². The molecule has 0 radical (unpaired) electrons. The van der Waals surface area contributed by atoms with Gasteiger partial charge in [-0.25, -0.2) is 0 Å². The molecule has 4 atom stereocenters. The molecule has 2 saturated heterocycles. The van der Waals surface area contributed by atoms with Gasteiger partial charge in [-0.1, -0.05) is 25.1 Å². The van der Waals surface area contributed by atoms with Gasteiger partial charge in [-0.15, -0.1) is 0 Å². The number of furan rings is 1. The van der Waals surface area contributed by atoms with Gasteiger partial charge in [-0.05, 0) is 61.6 Å². The first-order valence-electron chi connectivity index (χ1n) is 8.73. The van der Waals surface area contributed by atoms with Crippen LogP contribution in [0.5, 0.6) is 0 Å². The van der Waals surface area contributed by atoms with Gasteiger partial charge in [-0.3, -0.25) is 4.90 Å². The molecule has 0 aliphatic carbocycles. The standard InChI is InChI=1S/C21H23NO/c1-13-10-19-17(15-6-4-5-7-18(15)23-19)11-16(13)20-14(2)22-9-8-21(20,3)12-22/h4-7,10-11,14,20H,8-9,12H2,1-3H3. The van der Waals surface area contributed by atoms with Gasteiger partial charge in [-0.2, -0.15) is 0 Å². The van der Waals surface area contributed by atoms with Crippen molar-refractivity contribution in [2.24, 2.45) is 5.41 Å². The summed E-state index contributed by atoms with van der Waals surface area (Å²) in [5.74, 6) is 0.634. The fraction of sp³-hybridized carbons (Fsp3) is 0.429. The van der Waals surface area contributed by atoms with Crippen molar-refractivity contribution in [3.8, 4) is 0 Å². The average Bonchev–Trinajstić information content (AvgIpc) is 3.15. The molecule has 4 unspecified atom stereocenters. The highest BCUT2D eigenvalue weighted by Crippen LogP contribution is 2.54. The number of fused-ring (bicyclic) bond motifs is 5. The number of para-hydroxylation sites is 1. The molecule has 0 spiro atoms. The van der Waals surface area contributed by atoms with Crippen LogP contribution in [0.25, 0.3) is 21.9 Å². The number of rotatable bonds is 1. The molecule has 2 aliphatic rings. The summed E-state index contributed by atoms with van der Waals surface area (Å²) < 4.78 is 6.05. The third kappa shape index (κ3) is 1.73. The van der Waals surface area contributed by atoms with Crippen LogP contribution >= 0.6 is 0 Å². The quantitative estimate of drug-likeness (QED) is 0.622. The number of nitrogens with zero attached hydrogens (tertiary/aromatic N) is 1. The summed E-state index contributed by atoms with van der Waals surface area (Å²) >= 11 is 0. The lowest BCUT2D eigenvalue weighted by atomic mass is 9.70. The Bertz CT molecular complexity index is 924. The molecule has 5 rings (SSSR count). The van der Waals surface area contributed by atoms with Crippen LogP contribution < -0.4 is 0 Å². The van der Waals surface area contributed by atoms with E-state index in [4.69, 9.17) is 4.42 Å². The zero-order valence-corrected chi connectivity index (χ0v) is 14.1. The van der Waals surface area contributed by atoms with Crippen LogP contribution in [0.3, 0.4) is 0 Å². The minimum absolute atomic E-state index is 0.428. The highest BCUT2D eigenvalue weighted by Gasteiger charge is 2.52. The number of benzene rings is 2. The molecule has 0 N–H and O–H groups in total. The van der Waals surface area contributed by atoms with Gasteiger partial charge in [0, 0.05) is 29.3 Å². The van der Waals surface area contributed by atoms with Crippen LogP contribution in [0.15, 0.2) is 40.8 Å². The Balaban J connectivity index is 1.75. The summed E-state index contributed by atoms with van der Waals surface area (Å²) in [5.41, 5.74) is 5.35. The number of piperidine rings is 1. The van der Waals surface area contributed by atoms with Crippen molar-refractivity contribution < 1.29 is 4.42 Å². The summed E-state index contributed by atoms with van der Waals surface area (Å²) in [4.78, 5) is 2.67. The van der Waals surface area contributed by atoms with Crippen LogP contribution in [0.4, 0.5) is 0 Å². The molecule has 2 bridgehead atoms. The van der Waals surface area contributed by atoms with Crippen LogP contribution in [-0.4, -0.2) is 24.0 Å². The third-order valence-corrected chi connectivity index (χ3v) is 6.44. The maximum Gasteiger partial charge on any atom is 0.135 e. The minimum atomic E-state index is 0.428.